The number of hydrogen-bond donors (Lipinski definition) is 2. The summed E-state index contributed by atoms with van der Waals surface area (Å²) in [5.41, 5.74) is 0.904. The van der Waals surface area contributed by atoms with Crippen molar-refractivity contribution >= 4 is 17.7 Å². The van der Waals surface area contributed by atoms with E-state index in [0.717, 1.165) is 12.1 Å². The van der Waals surface area contributed by atoms with Gasteiger partial charge in [0.25, 0.3) is 0 Å². The predicted molar refractivity (Wildman–Crippen MR) is 101 cm³/mol. The lowest BCUT2D eigenvalue weighted by atomic mass is 9.85. The number of anilines is 1. The number of benzene rings is 1. The summed E-state index contributed by atoms with van der Waals surface area (Å²) in [6.45, 7) is 5.96. The monoisotopic (exact) mass is 357 g/mol. The molecular formula is C20H27N3O3. The number of carboxylic acids is 1. The van der Waals surface area contributed by atoms with E-state index in [2.05, 4.69) is 24.3 Å². The van der Waals surface area contributed by atoms with Crippen LogP contribution in [0.3, 0.4) is 0 Å². The smallest absolute Gasteiger partial charge is 0.306 e. The minimum absolute atomic E-state index is 0.160. The van der Waals surface area contributed by atoms with Crippen LogP contribution in [0.4, 0.5) is 5.82 Å². The van der Waals surface area contributed by atoms with E-state index in [1.165, 1.54) is 0 Å². The van der Waals surface area contributed by atoms with Crippen molar-refractivity contribution in [2.45, 2.75) is 40.0 Å². The molecule has 1 aromatic carbocycles. The van der Waals surface area contributed by atoms with Gasteiger partial charge in [-0.2, -0.15) is 5.10 Å². The Morgan fingerprint density at radius 2 is 1.81 bits per heavy atom. The third-order valence-electron chi connectivity index (χ3n) is 4.44. The number of nitrogens with one attached hydrogen (secondary N) is 1. The molecule has 0 aliphatic rings. The van der Waals surface area contributed by atoms with Crippen molar-refractivity contribution in [3.05, 3.63) is 42.6 Å². The van der Waals surface area contributed by atoms with Gasteiger partial charge in [-0.15, -0.1) is 0 Å². The molecule has 0 aliphatic heterocycles. The Kier molecular flexibility index (Phi) is 6.95. The van der Waals surface area contributed by atoms with Crippen LogP contribution in [-0.2, 0) is 9.59 Å². The minimum atomic E-state index is -0.834. The largest absolute Gasteiger partial charge is 0.481 e. The van der Waals surface area contributed by atoms with Gasteiger partial charge in [-0.1, -0.05) is 45.4 Å². The summed E-state index contributed by atoms with van der Waals surface area (Å²) in [4.78, 5) is 23.8. The van der Waals surface area contributed by atoms with Crippen molar-refractivity contribution in [3.63, 3.8) is 0 Å². The van der Waals surface area contributed by atoms with Crippen molar-refractivity contribution in [3.8, 4) is 5.69 Å². The quantitative estimate of drug-likeness (QED) is 0.711. The van der Waals surface area contributed by atoms with Crippen molar-refractivity contribution in [2.24, 2.45) is 17.8 Å². The molecule has 0 saturated carbocycles. The fourth-order valence-electron chi connectivity index (χ4n) is 2.91. The van der Waals surface area contributed by atoms with Crippen LogP contribution < -0.4 is 5.32 Å². The summed E-state index contributed by atoms with van der Waals surface area (Å²) in [5.74, 6) is -0.890. The summed E-state index contributed by atoms with van der Waals surface area (Å²) in [6.07, 6.45) is 3.36. The molecule has 0 spiro atoms. The van der Waals surface area contributed by atoms with Gasteiger partial charge in [0.1, 0.15) is 0 Å². The second kappa shape index (κ2) is 9.17. The number of carboxylic acid groups (broad SMARTS) is 1. The lowest BCUT2D eigenvalue weighted by Crippen LogP contribution is -2.26. The lowest BCUT2D eigenvalue weighted by molar-refractivity contribution is -0.144. The molecule has 0 aliphatic carbocycles. The number of carbonyl (C=O) groups is 2. The molecule has 6 nitrogen and oxygen atoms in total. The molecule has 0 fully saturated rings. The fraction of sp³-hybridized carbons (Fsp3) is 0.450. The first-order chi connectivity index (χ1) is 12.4. The van der Waals surface area contributed by atoms with Crippen LogP contribution in [0, 0.1) is 17.8 Å². The van der Waals surface area contributed by atoms with E-state index in [-0.39, 0.29) is 18.2 Å². The maximum atomic E-state index is 12.3. The Bertz CT molecular complexity index is 725. The van der Waals surface area contributed by atoms with E-state index in [4.69, 9.17) is 0 Å². The number of amides is 1. The van der Waals surface area contributed by atoms with Crippen LogP contribution in [0.25, 0.3) is 5.69 Å². The van der Waals surface area contributed by atoms with Crippen LogP contribution in [0.15, 0.2) is 42.6 Å². The van der Waals surface area contributed by atoms with Gasteiger partial charge in [0.15, 0.2) is 5.82 Å². The van der Waals surface area contributed by atoms with Crippen LogP contribution in [0.1, 0.15) is 40.0 Å². The Morgan fingerprint density at radius 1 is 1.12 bits per heavy atom. The van der Waals surface area contributed by atoms with Crippen molar-refractivity contribution in [1.82, 2.24) is 9.78 Å². The van der Waals surface area contributed by atoms with E-state index in [1.807, 2.05) is 37.3 Å². The van der Waals surface area contributed by atoms with Gasteiger partial charge in [-0.25, -0.2) is 4.68 Å². The van der Waals surface area contributed by atoms with Crippen LogP contribution in [0.2, 0.25) is 0 Å². The molecule has 1 heterocycles. The maximum absolute atomic E-state index is 12.3. The van der Waals surface area contributed by atoms with Gasteiger partial charge in [0, 0.05) is 18.7 Å². The van der Waals surface area contributed by atoms with Crippen LogP contribution in [-0.4, -0.2) is 26.8 Å². The SMILES string of the molecule is CC(C)CC[C@@H](C(=O)O)[C@@H](C)CC(=O)Nc1ccn(-c2ccccc2)n1. The number of nitrogens with zero attached hydrogens (tertiary/aromatic N) is 2. The highest BCUT2D eigenvalue weighted by molar-refractivity contribution is 5.90. The molecule has 26 heavy (non-hydrogen) atoms. The Morgan fingerprint density at radius 3 is 2.42 bits per heavy atom. The molecule has 1 aromatic heterocycles. The zero-order chi connectivity index (χ0) is 19.1. The van der Waals surface area contributed by atoms with Gasteiger partial charge in [-0.3, -0.25) is 9.59 Å². The second-order valence-corrected chi connectivity index (χ2v) is 7.13. The first-order valence-corrected chi connectivity index (χ1v) is 9.00. The first-order valence-electron chi connectivity index (χ1n) is 9.00. The van der Waals surface area contributed by atoms with Gasteiger partial charge in [0.2, 0.25) is 5.91 Å². The number of para-hydroxylation sites is 1. The standard InChI is InChI=1S/C20H27N3O3/c1-14(2)9-10-17(20(25)26)15(3)13-19(24)21-18-11-12-23(22-18)16-7-5-4-6-8-16/h4-8,11-12,14-15,17H,9-10,13H2,1-3H3,(H,25,26)(H,21,22,24)/t15-,17+/m0/s1. The third-order valence-corrected chi connectivity index (χ3v) is 4.44. The summed E-state index contributed by atoms with van der Waals surface area (Å²) in [7, 11) is 0. The summed E-state index contributed by atoms with van der Waals surface area (Å²) in [5, 5.41) is 16.5. The Balaban J connectivity index is 1.93. The zero-order valence-electron chi connectivity index (χ0n) is 15.6. The summed E-state index contributed by atoms with van der Waals surface area (Å²) < 4.78 is 1.68. The van der Waals surface area contributed by atoms with Gasteiger partial charge >= 0.3 is 5.97 Å². The number of aromatic nitrogens is 2. The second-order valence-electron chi connectivity index (χ2n) is 7.13. The number of aliphatic carboxylic acids is 1. The highest BCUT2D eigenvalue weighted by Gasteiger charge is 2.26. The number of rotatable bonds is 9. The Labute approximate surface area is 154 Å². The van der Waals surface area contributed by atoms with Crippen LogP contribution in [0.5, 0.6) is 0 Å². The van der Waals surface area contributed by atoms with E-state index in [1.54, 1.807) is 16.9 Å². The summed E-state index contributed by atoms with van der Waals surface area (Å²) >= 11 is 0. The number of hydrogen-bond acceptors (Lipinski definition) is 3. The average Bonchev–Trinajstić information content (AvgIpc) is 3.03. The van der Waals surface area contributed by atoms with E-state index in [9.17, 15) is 14.7 Å². The highest BCUT2D eigenvalue weighted by Crippen LogP contribution is 2.24. The minimum Gasteiger partial charge on any atom is -0.481 e. The molecule has 2 N–H and O–H groups in total. The Hall–Kier alpha value is -2.63. The molecule has 2 rings (SSSR count). The molecule has 0 saturated heterocycles. The van der Waals surface area contributed by atoms with E-state index < -0.39 is 11.9 Å². The van der Waals surface area contributed by atoms with Crippen molar-refractivity contribution in [1.29, 1.82) is 0 Å². The summed E-state index contributed by atoms with van der Waals surface area (Å²) in [6, 6.07) is 11.3. The number of carbonyl (C=O) groups excluding carboxylic acids is 1. The maximum Gasteiger partial charge on any atom is 0.306 e. The molecule has 140 valence electrons. The fourth-order valence-corrected chi connectivity index (χ4v) is 2.91. The van der Waals surface area contributed by atoms with Crippen molar-refractivity contribution < 1.29 is 14.7 Å². The van der Waals surface area contributed by atoms with Crippen LogP contribution >= 0.6 is 0 Å². The highest BCUT2D eigenvalue weighted by atomic mass is 16.4. The van der Waals surface area contributed by atoms with Gasteiger partial charge in [-0.05, 0) is 30.4 Å². The molecule has 1 amide bonds. The predicted octanol–water partition coefficient (Wildman–Crippen LogP) is 3.97. The van der Waals surface area contributed by atoms with Gasteiger partial charge < -0.3 is 10.4 Å². The lowest BCUT2D eigenvalue weighted by Gasteiger charge is -2.20. The van der Waals surface area contributed by atoms with E-state index >= 15 is 0 Å². The average molecular weight is 357 g/mol. The molecule has 2 aromatic rings. The van der Waals surface area contributed by atoms with Gasteiger partial charge in [0.05, 0.1) is 11.6 Å². The molecule has 0 radical (unpaired) electrons. The molecular weight excluding hydrogens is 330 g/mol. The zero-order valence-corrected chi connectivity index (χ0v) is 15.6. The third kappa shape index (κ3) is 5.72. The first kappa shape index (κ1) is 19.7. The molecule has 2 atom stereocenters. The molecule has 6 heteroatoms. The van der Waals surface area contributed by atoms with Crippen molar-refractivity contribution in [2.75, 3.05) is 5.32 Å². The van der Waals surface area contributed by atoms with E-state index in [0.29, 0.717) is 18.2 Å². The molecule has 0 bridgehead atoms. The normalized spacial score (nSPS) is 13.4. The molecule has 0 unspecified atom stereocenters. The topological polar surface area (TPSA) is 84.2 Å².